The van der Waals surface area contributed by atoms with E-state index in [-0.39, 0.29) is 28.2 Å². The number of piperazine rings is 1. The van der Waals surface area contributed by atoms with Crippen LogP contribution in [0.4, 0.5) is 30.2 Å². The minimum Gasteiger partial charge on any atom is -0.495 e. The lowest BCUT2D eigenvalue weighted by molar-refractivity contribution is -0.135. The van der Waals surface area contributed by atoms with Crippen LogP contribution in [0.2, 0.25) is 0 Å². The molecule has 0 bridgehead atoms. The van der Waals surface area contributed by atoms with Gasteiger partial charge in [0.25, 0.3) is 11.5 Å². The molecule has 2 heterocycles. The molecule has 0 atom stereocenters. The Balaban J connectivity index is 1.44. The summed E-state index contributed by atoms with van der Waals surface area (Å²) >= 11 is 0.810. The van der Waals surface area contributed by atoms with Crippen LogP contribution < -0.4 is 39.9 Å². The average molecular weight is 658 g/mol. The number of anilines is 3. The van der Waals surface area contributed by atoms with Crippen LogP contribution in [0.5, 0.6) is 5.75 Å². The third-order valence-electron chi connectivity index (χ3n) is 7.36. The highest BCUT2D eigenvalue weighted by Crippen LogP contribution is 2.28. The van der Waals surface area contributed by atoms with Gasteiger partial charge >= 0.3 is 6.18 Å². The first kappa shape index (κ1) is 34.1. The summed E-state index contributed by atoms with van der Waals surface area (Å²) in [5, 5.41) is 14.2. The summed E-state index contributed by atoms with van der Waals surface area (Å²) in [6, 6.07) is 16.5. The minimum atomic E-state index is -4.65. The number of ether oxygens (including phenoxy) is 1. The van der Waals surface area contributed by atoms with Gasteiger partial charge in [-0.3, -0.25) is 23.9 Å². The fourth-order valence-electron chi connectivity index (χ4n) is 4.89. The molecule has 3 aromatic rings. The fourth-order valence-corrected chi connectivity index (χ4v) is 5.98. The number of benzene rings is 2. The third kappa shape index (κ3) is 8.26. The van der Waals surface area contributed by atoms with Crippen LogP contribution >= 0.6 is 11.3 Å². The van der Waals surface area contributed by atoms with Crippen LogP contribution in [0.1, 0.15) is 6.92 Å². The second kappa shape index (κ2) is 15.0. The molecule has 0 spiro atoms. The summed E-state index contributed by atoms with van der Waals surface area (Å²) in [7, 11) is 3.33. The molecule has 1 saturated heterocycles. The van der Waals surface area contributed by atoms with Gasteiger partial charge in [0.15, 0.2) is 5.57 Å². The third-order valence-corrected chi connectivity index (χ3v) is 8.49. The van der Waals surface area contributed by atoms with E-state index in [1.54, 1.807) is 61.6 Å². The van der Waals surface area contributed by atoms with Crippen LogP contribution in [0.25, 0.3) is 11.8 Å². The molecule has 2 amide bonds. The highest BCUT2D eigenvalue weighted by Gasteiger charge is 2.29. The Morgan fingerprint density at radius 2 is 1.85 bits per heavy atom. The maximum Gasteiger partial charge on any atom is 0.405 e. The predicted octanol–water partition coefficient (Wildman–Crippen LogP) is 1.93. The van der Waals surface area contributed by atoms with Crippen molar-refractivity contribution in [3.63, 3.8) is 0 Å². The normalized spacial score (nSPS) is 14.8. The number of nitriles is 1. The van der Waals surface area contributed by atoms with E-state index in [9.17, 15) is 32.8 Å². The van der Waals surface area contributed by atoms with Crippen molar-refractivity contribution in [1.82, 2.24) is 14.8 Å². The molecule has 2 N–H and O–H groups in total. The molecule has 1 aromatic heterocycles. The molecule has 1 fully saturated rings. The van der Waals surface area contributed by atoms with Gasteiger partial charge in [-0.15, -0.1) is 11.3 Å². The molecule has 0 radical (unpaired) electrons. The van der Waals surface area contributed by atoms with Gasteiger partial charge in [-0.1, -0.05) is 18.2 Å². The van der Waals surface area contributed by atoms with Crippen LogP contribution in [0.3, 0.4) is 0 Å². The van der Waals surface area contributed by atoms with Crippen LogP contribution in [0.15, 0.2) is 53.3 Å². The molecule has 15 heteroatoms. The van der Waals surface area contributed by atoms with E-state index >= 15 is 0 Å². The van der Waals surface area contributed by atoms with Crippen molar-refractivity contribution in [2.75, 3.05) is 68.5 Å². The lowest BCUT2D eigenvalue weighted by atomic mass is 10.2. The maximum atomic E-state index is 13.2. The molecule has 1 aliphatic heterocycles. The highest BCUT2D eigenvalue weighted by molar-refractivity contribution is 7.07. The number of nitrogens with one attached hydrogen (secondary N) is 2. The highest BCUT2D eigenvalue weighted by atomic mass is 32.1. The lowest BCUT2D eigenvalue weighted by Gasteiger charge is -2.36. The molecule has 11 nitrogen and oxygen atoms in total. The van der Waals surface area contributed by atoms with Crippen molar-refractivity contribution in [3.8, 4) is 11.8 Å². The van der Waals surface area contributed by atoms with Crippen molar-refractivity contribution in [1.29, 1.82) is 5.26 Å². The number of thiazole rings is 1. The van der Waals surface area contributed by atoms with Crippen molar-refractivity contribution in [2.24, 2.45) is 0 Å². The largest absolute Gasteiger partial charge is 0.495 e. The molecule has 2 aromatic carbocycles. The average Bonchev–Trinajstić information content (AvgIpc) is 3.37. The number of carbonyl (C=O) groups excluding carboxylic acids is 2. The molecule has 46 heavy (non-hydrogen) atoms. The summed E-state index contributed by atoms with van der Waals surface area (Å²) in [4.78, 5) is 44.4. The van der Waals surface area contributed by atoms with E-state index in [4.69, 9.17) is 4.74 Å². The van der Waals surface area contributed by atoms with E-state index in [1.165, 1.54) is 6.20 Å². The zero-order valence-corrected chi connectivity index (χ0v) is 26.4. The monoisotopic (exact) mass is 657 g/mol. The fraction of sp³-hybridized carbons (Fsp3) is 0.355. The Bertz CT molecular complexity index is 1790. The standard InChI is InChI=1S/C31H34F3N7O4S/c1-4-41-29(44)26(46-30(41)23(17-35)28(43)37-20-31(32,33)34)18-36-21-8-7-9-22(16-21)38(2)27(42)19-39-12-14-40(15-13-39)24-10-5-6-11-25(24)45-3/h5-11,16,18,36H,4,12-15,19-20H2,1-3H3,(H,37,43). The number of methoxy groups -OCH3 is 1. The summed E-state index contributed by atoms with van der Waals surface area (Å²) in [6.45, 7) is 3.27. The number of para-hydroxylation sites is 2. The van der Waals surface area contributed by atoms with Crippen molar-refractivity contribution in [3.05, 3.63) is 68.1 Å². The van der Waals surface area contributed by atoms with Gasteiger partial charge in [-0.05, 0) is 37.3 Å². The predicted molar refractivity (Wildman–Crippen MR) is 171 cm³/mol. The Hall–Kier alpha value is -4.81. The molecule has 244 valence electrons. The van der Waals surface area contributed by atoms with Crippen molar-refractivity contribution in [2.45, 2.75) is 19.6 Å². The molecular formula is C31H34F3N7O4S. The number of amides is 2. The van der Waals surface area contributed by atoms with Gasteiger partial charge in [0.2, 0.25) is 5.91 Å². The van der Waals surface area contributed by atoms with Crippen molar-refractivity contribution >= 4 is 52.0 Å². The second-order valence-corrected chi connectivity index (χ2v) is 11.4. The number of nitrogens with zero attached hydrogens (tertiary/aromatic N) is 5. The molecule has 0 saturated carbocycles. The quantitative estimate of drug-likeness (QED) is 0.339. The summed E-state index contributed by atoms with van der Waals surface area (Å²) in [5.74, 6) is -0.504. The molecule has 4 rings (SSSR count). The molecule has 1 aliphatic rings. The Labute approximate surface area is 267 Å². The summed E-state index contributed by atoms with van der Waals surface area (Å²) < 4.78 is 44.4. The van der Waals surface area contributed by atoms with Crippen molar-refractivity contribution < 1.29 is 27.5 Å². The molecule has 0 aliphatic carbocycles. The van der Waals surface area contributed by atoms with Crippen LogP contribution in [-0.2, 0) is 16.1 Å². The van der Waals surface area contributed by atoms with Gasteiger partial charge in [0, 0.05) is 57.3 Å². The first-order chi connectivity index (χ1) is 21.9. The van der Waals surface area contributed by atoms with Gasteiger partial charge in [-0.2, -0.15) is 18.4 Å². The Morgan fingerprint density at radius 3 is 2.50 bits per heavy atom. The van der Waals surface area contributed by atoms with E-state index in [1.807, 2.05) is 24.3 Å². The van der Waals surface area contributed by atoms with E-state index < -0.39 is 29.8 Å². The summed E-state index contributed by atoms with van der Waals surface area (Å²) in [5.41, 5.74) is 1.11. The smallest absolute Gasteiger partial charge is 0.405 e. The van der Waals surface area contributed by atoms with Crippen LogP contribution in [0, 0.1) is 11.3 Å². The number of halogens is 3. The minimum absolute atomic E-state index is 0.0504. The molecule has 0 unspecified atom stereocenters. The zero-order chi connectivity index (χ0) is 33.4. The van der Waals surface area contributed by atoms with E-state index in [0.717, 1.165) is 40.4 Å². The number of carbonyl (C=O) groups is 2. The zero-order valence-electron chi connectivity index (χ0n) is 25.6. The summed E-state index contributed by atoms with van der Waals surface area (Å²) in [6.07, 6.45) is -3.26. The second-order valence-electron chi connectivity index (χ2n) is 10.3. The topological polar surface area (TPSA) is 123 Å². The first-order valence-corrected chi connectivity index (χ1v) is 15.2. The van der Waals surface area contributed by atoms with E-state index in [2.05, 4.69) is 15.1 Å². The number of aromatic nitrogens is 1. The van der Waals surface area contributed by atoms with E-state index in [0.29, 0.717) is 24.5 Å². The van der Waals surface area contributed by atoms with Gasteiger partial charge in [0.05, 0.1) is 19.3 Å². The number of alkyl halides is 3. The number of likely N-dealkylation sites (N-methyl/N-ethyl adjacent to an activating group) is 1. The number of hydrogen-bond acceptors (Lipinski definition) is 9. The lowest BCUT2D eigenvalue weighted by Crippen LogP contribution is -2.49. The number of rotatable bonds is 10. The Morgan fingerprint density at radius 1 is 1.13 bits per heavy atom. The number of hydrogen-bond donors (Lipinski definition) is 2. The van der Waals surface area contributed by atoms with Gasteiger partial charge in [0.1, 0.15) is 27.6 Å². The van der Waals surface area contributed by atoms with Gasteiger partial charge < -0.3 is 25.2 Å². The SMILES string of the molecule is CCn1c(=C(C#N)C(=O)NCC(F)(F)F)sc(=CNc2cccc(N(C)C(=O)CN3CCN(c4ccccc4OC)CC3)c2)c1=O. The first-order valence-electron chi connectivity index (χ1n) is 14.4. The Kier molecular flexibility index (Phi) is 11.1. The van der Waals surface area contributed by atoms with Gasteiger partial charge in [-0.25, -0.2) is 0 Å². The maximum absolute atomic E-state index is 13.2. The molecular weight excluding hydrogens is 623 g/mol. The van der Waals surface area contributed by atoms with Crippen LogP contribution in [-0.4, -0.2) is 80.9 Å².